The molecule has 2 N–H and O–H groups in total. The fourth-order valence-corrected chi connectivity index (χ4v) is 2.01. The molecule has 0 unspecified atom stereocenters. The van der Waals surface area contributed by atoms with Gasteiger partial charge >= 0.3 is 0 Å². The number of carbonyl (C=O) groups is 1. The summed E-state index contributed by atoms with van der Waals surface area (Å²) < 4.78 is 0. The van der Waals surface area contributed by atoms with E-state index in [9.17, 15) is 4.79 Å². The first kappa shape index (κ1) is 14.9. The molecule has 0 bridgehead atoms. The standard InChI is InChI=1S/C14H22N2OS/c1-4-14(17)16-12-7-6-11(2)13(10-12)15-8-5-9-18-3/h6-7,10,15H,4-5,8-9H2,1-3H3,(H,16,17). The fourth-order valence-electron chi connectivity index (χ4n) is 1.58. The second kappa shape index (κ2) is 8.03. The van der Waals surface area contributed by atoms with E-state index in [4.69, 9.17) is 0 Å². The Morgan fingerprint density at radius 3 is 2.83 bits per heavy atom. The van der Waals surface area contributed by atoms with Crippen molar-refractivity contribution in [2.24, 2.45) is 0 Å². The zero-order valence-corrected chi connectivity index (χ0v) is 12.2. The van der Waals surface area contributed by atoms with Crippen LogP contribution >= 0.6 is 11.8 Å². The predicted molar refractivity (Wildman–Crippen MR) is 81.6 cm³/mol. The highest BCUT2D eigenvalue weighted by Crippen LogP contribution is 2.20. The second-order valence-corrected chi connectivity index (χ2v) is 5.19. The van der Waals surface area contributed by atoms with E-state index in [-0.39, 0.29) is 5.91 Å². The Kier molecular flexibility index (Phi) is 6.65. The summed E-state index contributed by atoms with van der Waals surface area (Å²) in [5.41, 5.74) is 3.17. The molecule has 1 rings (SSSR count). The van der Waals surface area contributed by atoms with Crippen LogP contribution in [0.1, 0.15) is 25.3 Å². The monoisotopic (exact) mass is 266 g/mol. The number of hydrogen-bond donors (Lipinski definition) is 2. The first-order valence-electron chi connectivity index (χ1n) is 6.30. The molecule has 0 saturated heterocycles. The van der Waals surface area contributed by atoms with Gasteiger partial charge in [-0.3, -0.25) is 4.79 Å². The van der Waals surface area contributed by atoms with Crippen LogP contribution in [0.15, 0.2) is 18.2 Å². The number of nitrogens with one attached hydrogen (secondary N) is 2. The number of rotatable bonds is 7. The first-order valence-corrected chi connectivity index (χ1v) is 7.70. The number of anilines is 2. The molecule has 1 amide bonds. The quantitative estimate of drug-likeness (QED) is 0.742. The summed E-state index contributed by atoms with van der Waals surface area (Å²) in [6, 6.07) is 5.97. The van der Waals surface area contributed by atoms with E-state index in [0.29, 0.717) is 6.42 Å². The third kappa shape index (κ3) is 5.00. The number of hydrogen-bond acceptors (Lipinski definition) is 3. The van der Waals surface area contributed by atoms with Gasteiger partial charge in [-0.2, -0.15) is 11.8 Å². The van der Waals surface area contributed by atoms with Crippen LogP contribution in [0.2, 0.25) is 0 Å². The Balaban J connectivity index is 2.60. The Morgan fingerprint density at radius 1 is 1.39 bits per heavy atom. The van der Waals surface area contributed by atoms with E-state index in [1.807, 2.05) is 36.9 Å². The minimum absolute atomic E-state index is 0.0483. The maximum absolute atomic E-state index is 11.3. The maximum Gasteiger partial charge on any atom is 0.224 e. The highest BCUT2D eigenvalue weighted by molar-refractivity contribution is 7.98. The van der Waals surface area contributed by atoms with Gasteiger partial charge in [-0.05, 0) is 43.0 Å². The molecule has 0 radical (unpaired) electrons. The molecule has 3 nitrogen and oxygen atoms in total. The molecule has 0 heterocycles. The third-order valence-electron chi connectivity index (χ3n) is 2.68. The van der Waals surface area contributed by atoms with E-state index < -0.39 is 0 Å². The molecule has 0 atom stereocenters. The van der Waals surface area contributed by atoms with Crippen LogP contribution in [0.5, 0.6) is 0 Å². The van der Waals surface area contributed by atoms with Crippen molar-refractivity contribution >= 4 is 29.0 Å². The SMILES string of the molecule is CCC(=O)Nc1ccc(C)c(NCCCSC)c1. The average molecular weight is 266 g/mol. The fraction of sp³-hybridized carbons (Fsp3) is 0.500. The van der Waals surface area contributed by atoms with Gasteiger partial charge in [0.15, 0.2) is 0 Å². The molecule has 4 heteroatoms. The Morgan fingerprint density at radius 2 is 2.17 bits per heavy atom. The van der Waals surface area contributed by atoms with Crippen molar-refractivity contribution < 1.29 is 4.79 Å². The predicted octanol–water partition coefficient (Wildman–Crippen LogP) is 3.51. The van der Waals surface area contributed by atoms with Gasteiger partial charge in [-0.15, -0.1) is 0 Å². The van der Waals surface area contributed by atoms with Crippen molar-refractivity contribution in [1.29, 1.82) is 0 Å². The molecule has 0 aliphatic carbocycles. The van der Waals surface area contributed by atoms with Crippen molar-refractivity contribution in [3.63, 3.8) is 0 Å². The molecule has 0 fully saturated rings. The number of amides is 1. The topological polar surface area (TPSA) is 41.1 Å². The summed E-state index contributed by atoms with van der Waals surface area (Å²) >= 11 is 1.86. The van der Waals surface area contributed by atoms with Gasteiger partial charge in [0.1, 0.15) is 0 Å². The summed E-state index contributed by atoms with van der Waals surface area (Å²) in [6.45, 7) is 4.89. The minimum atomic E-state index is 0.0483. The first-order chi connectivity index (χ1) is 8.67. The summed E-state index contributed by atoms with van der Waals surface area (Å²) in [6.07, 6.45) is 3.77. The summed E-state index contributed by atoms with van der Waals surface area (Å²) in [4.78, 5) is 11.3. The molecule has 0 saturated carbocycles. The Hall–Kier alpha value is -1.16. The van der Waals surface area contributed by atoms with Crippen LogP contribution < -0.4 is 10.6 Å². The van der Waals surface area contributed by atoms with Crippen molar-refractivity contribution in [2.75, 3.05) is 29.2 Å². The van der Waals surface area contributed by atoms with E-state index in [1.165, 1.54) is 5.56 Å². The Bertz CT molecular complexity index is 393. The van der Waals surface area contributed by atoms with Crippen LogP contribution in [0, 0.1) is 6.92 Å². The highest BCUT2D eigenvalue weighted by atomic mass is 32.2. The zero-order chi connectivity index (χ0) is 13.4. The minimum Gasteiger partial charge on any atom is -0.385 e. The molecule has 100 valence electrons. The van der Waals surface area contributed by atoms with E-state index in [0.717, 1.165) is 30.1 Å². The van der Waals surface area contributed by atoms with Crippen LogP contribution in [0.3, 0.4) is 0 Å². The van der Waals surface area contributed by atoms with Crippen molar-refractivity contribution in [2.45, 2.75) is 26.7 Å². The summed E-state index contributed by atoms with van der Waals surface area (Å²) in [7, 11) is 0. The second-order valence-electron chi connectivity index (χ2n) is 4.20. The van der Waals surface area contributed by atoms with Gasteiger partial charge in [0.2, 0.25) is 5.91 Å². The Labute approximate surface area is 114 Å². The maximum atomic E-state index is 11.3. The smallest absolute Gasteiger partial charge is 0.224 e. The average Bonchev–Trinajstić information content (AvgIpc) is 2.38. The lowest BCUT2D eigenvalue weighted by Crippen LogP contribution is -2.10. The molecule has 1 aromatic rings. The summed E-state index contributed by atoms with van der Waals surface area (Å²) in [5.74, 6) is 1.21. The van der Waals surface area contributed by atoms with Gasteiger partial charge < -0.3 is 10.6 Å². The molecule has 0 aromatic heterocycles. The third-order valence-corrected chi connectivity index (χ3v) is 3.38. The molecule has 0 spiro atoms. The van der Waals surface area contributed by atoms with Gasteiger partial charge in [-0.1, -0.05) is 13.0 Å². The normalized spacial score (nSPS) is 10.2. The molecule has 0 aliphatic heterocycles. The van der Waals surface area contributed by atoms with Gasteiger partial charge in [-0.25, -0.2) is 0 Å². The van der Waals surface area contributed by atoms with Crippen LogP contribution in [0.4, 0.5) is 11.4 Å². The van der Waals surface area contributed by atoms with E-state index >= 15 is 0 Å². The molecule has 18 heavy (non-hydrogen) atoms. The molecular formula is C14H22N2OS. The van der Waals surface area contributed by atoms with E-state index in [1.54, 1.807) is 0 Å². The van der Waals surface area contributed by atoms with Crippen molar-refractivity contribution in [3.05, 3.63) is 23.8 Å². The number of thioether (sulfide) groups is 1. The van der Waals surface area contributed by atoms with Gasteiger partial charge in [0.05, 0.1) is 0 Å². The van der Waals surface area contributed by atoms with Crippen LogP contribution in [-0.2, 0) is 4.79 Å². The molecular weight excluding hydrogens is 244 g/mol. The number of carbonyl (C=O) groups excluding carboxylic acids is 1. The highest BCUT2D eigenvalue weighted by Gasteiger charge is 2.02. The lowest BCUT2D eigenvalue weighted by Gasteiger charge is -2.12. The van der Waals surface area contributed by atoms with Gasteiger partial charge in [0, 0.05) is 24.3 Å². The lowest BCUT2D eigenvalue weighted by atomic mass is 10.1. The zero-order valence-electron chi connectivity index (χ0n) is 11.4. The molecule has 1 aromatic carbocycles. The largest absolute Gasteiger partial charge is 0.385 e. The molecule has 0 aliphatic rings. The summed E-state index contributed by atoms with van der Waals surface area (Å²) in [5, 5.41) is 6.29. The van der Waals surface area contributed by atoms with Crippen molar-refractivity contribution in [1.82, 2.24) is 0 Å². The van der Waals surface area contributed by atoms with Gasteiger partial charge in [0.25, 0.3) is 0 Å². The number of benzene rings is 1. The lowest BCUT2D eigenvalue weighted by molar-refractivity contribution is -0.115. The van der Waals surface area contributed by atoms with E-state index in [2.05, 4.69) is 23.8 Å². The van der Waals surface area contributed by atoms with Crippen molar-refractivity contribution in [3.8, 4) is 0 Å². The van der Waals surface area contributed by atoms with Crippen LogP contribution in [0.25, 0.3) is 0 Å². The van der Waals surface area contributed by atoms with Crippen LogP contribution in [-0.4, -0.2) is 24.5 Å². The number of aryl methyl sites for hydroxylation is 1.